The summed E-state index contributed by atoms with van der Waals surface area (Å²) in [5.74, 6) is -0.313. The minimum atomic E-state index is -3.18. The lowest BCUT2D eigenvalue weighted by Crippen LogP contribution is -2.27. The second kappa shape index (κ2) is 7.09. The molecule has 0 amide bonds. The first-order valence-electron chi connectivity index (χ1n) is 6.46. The van der Waals surface area contributed by atoms with E-state index in [9.17, 15) is 13.2 Å². The van der Waals surface area contributed by atoms with Gasteiger partial charge in [0.2, 0.25) is 0 Å². The van der Waals surface area contributed by atoms with Crippen LogP contribution in [0.15, 0.2) is 0 Å². The zero-order chi connectivity index (χ0) is 13.6. The van der Waals surface area contributed by atoms with E-state index in [1.54, 1.807) is 6.92 Å². The lowest BCUT2D eigenvalue weighted by molar-refractivity contribution is -0.140. The maximum Gasteiger partial charge on any atom is 0.306 e. The zero-order valence-electron chi connectivity index (χ0n) is 11.2. The molecule has 0 aromatic carbocycles. The molecule has 0 saturated carbocycles. The van der Waals surface area contributed by atoms with Crippen molar-refractivity contribution < 1.29 is 17.9 Å². The molecule has 1 unspecified atom stereocenters. The van der Waals surface area contributed by atoms with Crippen molar-refractivity contribution in [3.05, 3.63) is 0 Å². The molecule has 1 atom stereocenters. The van der Waals surface area contributed by atoms with Crippen LogP contribution in [0.4, 0.5) is 0 Å². The van der Waals surface area contributed by atoms with Gasteiger partial charge in [0.15, 0.2) is 9.84 Å². The van der Waals surface area contributed by atoms with Crippen LogP contribution < -0.4 is 0 Å². The Morgan fingerprint density at radius 2 is 1.94 bits per heavy atom. The van der Waals surface area contributed by atoms with Crippen molar-refractivity contribution in [2.45, 2.75) is 37.9 Å². The Labute approximate surface area is 109 Å². The first-order chi connectivity index (χ1) is 8.45. The SMILES string of the molecule is COC(=O)CC(C)S(=O)(=O)CCCN1CCCC1. The fourth-order valence-corrected chi connectivity index (χ4v) is 3.47. The number of carbonyl (C=O) groups is 1. The normalized spacial score (nSPS) is 18.8. The molecule has 0 bridgehead atoms. The van der Waals surface area contributed by atoms with Gasteiger partial charge in [0.25, 0.3) is 0 Å². The van der Waals surface area contributed by atoms with E-state index in [1.807, 2.05) is 0 Å². The molecule has 0 N–H and O–H groups in total. The van der Waals surface area contributed by atoms with Gasteiger partial charge in [-0.2, -0.15) is 0 Å². The van der Waals surface area contributed by atoms with Crippen molar-refractivity contribution >= 4 is 15.8 Å². The number of nitrogens with zero attached hydrogens (tertiary/aromatic N) is 1. The minimum Gasteiger partial charge on any atom is -0.469 e. The molecule has 1 heterocycles. The smallest absolute Gasteiger partial charge is 0.306 e. The van der Waals surface area contributed by atoms with Crippen LogP contribution >= 0.6 is 0 Å². The fraction of sp³-hybridized carbons (Fsp3) is 0.917. The second-order valence-electron chi connectivity index (χ2n) is 4.86. The number of sulfone groups is 1. The van der Waals surface area contributed by atoms with Crippen molar-refractivity contribution in [2.24, 2.45) is 0 Å². The van der Waals surface area contributed by atoms with Crippen LogP contribution in [0.3, 0.4) is 0 Å². The summed E-state index contributed by atoms with van der Waals surface area (Å²) in [6.45, 7) is 4.57. The molecule has 5 nitrogen and oxygen atoms in total. The van der Waals surface area contributed by atoms with E-state index in [1.165, 1.54) is 20.0 Å². The molecule has 0 spiro atoms. The highest BCUT2D eigenvalue weighted by Gasteiger charge is 2.24. The number of esters is 1. The molecule has 1 rings (SSSR count). The van der Waals surface area contributed by atoms with E-state index in [0.29, 0.717) is 6.42 Å². The van der Waals surface area contributed by atoms with Gasteiger partial charge in [-0.3, -0.25) is 4.79 Å². The van der Waals surface area contributed by atoms with Gasteiger partial charge in [-0.1, -0.05) is 0 Å². The Morgan fingerprint density at radius 1 is 1.33 bits per heavy atom. The summed E-state index contributed by atoms with van der Waals surface area (Å²) in [4.78, 5) is 13.3. The summed E-state index contributed by atoms with van der Waals surface area (Å²) in [5.41, 5.74) is 0. The lowest BCUT2D eigenvalue weighted by Gasteiger charge is -2.16. The fourth-order valence-electron chi connectivity index (χ4n) is 2.14. The molecule has 0 aromatic rings. The Kier molecular flexibility index (Phi) is 6.08. The average molecular weight is 277 g/mol. The number of methoxy groups -OCH3 is 1. The first-order valence-corrected chi connectivity index (χ1v) is 8.18. The molecular weight excluding hydrogens is 254 g/mol. The third-order valence-corrected chi connectivity index (χ3v) is 5.65. The van der Waals surface area contributed by atoms with Gasteiger partial charge >= 0.3 is 5.97 Å². The van der Waals surface area contributed by atoms with Crippen molar-refractivity contribution in [1.82, 2.24) is 4.90 Å². The maximum atomic E-state index is 11.9. The third kappa shape index (κ3) is 4.94. The molecule has 1 fully saturated rings. The predicted octanol–water partition coefficient (Wildman–Crippen LogP) is 0.839. The molecule has 106 valence electrons. The van der Waals surface area contributed by atoms with Crippen LogP contribution in [0.2, 0.25) is 0 Å². The van der Waals surface area contributed by atoms with Crippen LogP contribution in [0.25, 0.3) is 0 Å². The van der Waals surface area contributed by atoms with E-state index >= 15 is 0 Å². The predicted molar refractivity (Wildman–Crippen MR) is 70.2 cm³/mol. The van der Waals surface area contributed by atoms with Gasteiger partial charge in [-0.05, 0) is 45.8 Å². The van der Waals surface area contributed by atoms with E-state index in [4.69, 9.17) is 0 Å². The second-order valence-corrected chi connectivity index (χ2v) is 7.40. The first kappa shape index (κ1) is 15.4. The Bertz CT molecular complexity index is 360. The van der Waals surface area contributed by atoms with Crippen molar-refractivity contribution in [1.29, 1.82) is 0 Å². The molecule has 18 heavy (non-hydrogen) atoms. The van der Waals surface area contributed by atoms with Gasteiger partial charge in [0.05, 0.1) is 24.5 Å². The summed E-state index contributed by atoms with van der Waals surface area (Å²) in [7, 11) is -1.91. The highest BCUT2D eigenvalue weighted by atomic mass is 32.2. The topological polar surface area (TPSA) is 63.7 Å². The Hall–Kier alpha value is -0.620. The van der Waals surface area contributed by atoms with Gasteiger partial charge in [0.1, 0.15) is 0 Å². The molecule has 0 radical (unpaired) electrons. The number of carbonyl (C=O) groups excluding carboxylic acids is 1. The molecule has 1 aliphatic heterocycles. The average Bonchev–Trinajstić information content (AvgIpc) is 2.81. The van der Waals surface area contributed by atoms with Crippen LogP contribution in [-0.4, -0.2) is 57.0 Å². The lowest BCUT2D eigenvalue weighted by atomic mass is 10.3. The van der Waals surface area contributed by atoms with Crippen molar-refractivity contribution in [3.8, 4) is 0 Å². The van der Waals surface area contributed by atoms with Crippen LogP contribution in [0.5, 0.6) is 0 Å². The van der Waals surface area contributed by atoms with Crippen LogP contribution in [0, 0.1) is 0 Å². The molecule has 1 aliphatic rings. The summed E-state index contributed by atoms with van der Waals surface area (Å²) in [5, 5.41) is -0.650. The zero-order valence-corrected chi connectivity index (χ0v) is 12.0. The van der Waals surface area contributed by atoms with E-state index in [0.717, 1.165) is 19.6 Å². The van der Waals surface area contributed by atoms with E-state index < -0.39 is 21.1 Å². The summed E-state index contributed by atoms with van der Waals surface area (Å²) >= 11 is 0. The van der Waals surface area contributed by atoms with Crippen molar-refractivity contribution in [2.75, 3.05) is 32.5 Å². The Morgan fingerprint density at radius 3 is 2.50 bits per heavy atom. The maximum absolute atomic E-state index is 11.9. The summed E-state index contributed by atoms with van der Waals surface area (Å²) in [6, 6.07) is 0. The van der Waals surface area contributed by atoms with Gasteiger partial charge in [-0.25, -0.2) is 8.42 Å². The number of rotatable bonds is 7. The van der Waals surface area contributed by atoms with Crippen LogP contribution in [0.1, 0.15) is 32.6 Å². The Balaban J connectivity index is 2.31. The van der Waals surface area contributed by atoms with E-state index in [2.05, 4.69) is 9.64 Å². The molecule has 0 aromatic heterocycles. The van der Waals surface area contributed by atoms with Crippen molar-refractivity contribution in [3.63, 3.8) is 0 Å². The molecule has 6 heteroatoms. The monoisotopic (exact) mass is 277 g/mol. The van der Waals surface area contributed by atoms with Gasteiger partial charge < -0.3 is 9.64 Å². The highest BCUT2D eigenvalue weighted by Crippen LogP contribution is 2.11. The summed E-state index contributed by atoms with van der Waals surface area (Å²) in [6.07, 6.45) is 3.02. The van der Waals surface area contributed by atoms with Crippen LogP contribution in [-0.2, 0) is 19.4 Å². The molecule has 1 saturated heterocycles. The summed E-state index contributed by atoms with van der Waals surface area (Å²) < 4.78 is 28.3. The van der Waals surface area contributed by atoms with Gasteiger partial charge in [-0.15, -0.1) is 0 Å². The quantitative estimate of drug-likeness (QED) is 0.645. The minimum absolute atomic E-state index is 0.0530. The molecule has 0 aliphatic carbocycles. The number of likely N-dealkylation sites (tertiary alicyclic amines) is 1. The van der Waals surface area contributed by atoms with E-state index in [-0.39, 0.29) is 12.2 Å². The standard InChI is InChI=1S/C12H23NO4S/c1-11(10-12(14)17-2)18(15,16)9-5-8-13-6-3-4-7-13/h11H,3-10H2,1-2H3. The number of ether oxygens (including phenoxy) is 1. The number of hydrogen-bond donors (Lipinski definition) is 0. The third-order valence-electron chi connectivity index (χ3n) is 3.40. The number of hydrogen-bond acceptors (Lipinski definition) is 5. The molecular formula is C12H23NO4S. The highest BCUT2D eigenvalue weighted by molar-refractivity contribution is 7.92. The largest absolute Gasteiger partial charge is 0.469 e. The van der Waals surface area contributed by atoms with Gasteiger partial charge in [0, 0.05) is 0 Å².